The molecule has 0 radical (unpaired) electrons. The minimum absolute atomic E-state index is 0.0147. The molecule has 1 N–H and O–H groups in total. The van der Waals surface area contributed by atoms with Crippen molar-refractivity contribution in [3.8, 4) is 5.75 Å². The molecule has 0 spiro atoms. The van der Waals surface area contributed by atoms with E-state index in [1.54, 1.807) is 60.7 Å². The van der Waals surface area contributed by atoms with Crippen molar-refractivity contribution in [3.63, 3.8) is 0 Å². The SMILES string of the molecule is Cc1ccc(OCC(CS(=O)(=O)c2ccc(C)cc2)C(=O)c2ccc(C(=O)NC(C)C)cc2)cc1. The van der Waals surface area contributed by atoms with Gasteiger partial charge >= 0.3 is 0 Å². The quantitative estimate of drug-likeness (QED) is 0.410. The lowest BCUT2D eigenvalue weighted by Crippen LogP contribution is -2.31. The molecule has 0 saturated heterocycles. The van der Waals surface area contributed by atoms with Gasteiger partial charge in [0.1, 0.15) is 5.75 Å². The predicted octanol–water partition coefficient (Wildman–Crippen LogP) is 4.79. The van der Waals surface area contributed by atoms with Gasteiger partial charge in [-0.1, -0.05) is 47.5 Å². The van der Waals surface area contributed by atoms with Crippen LogP contribution in [0.2, 0.25) is 0 Å². The molecule has 3 aromatic carbocycles. The van der Waals surface area contributed by atoms with Crippen LogP contribution in [0, 0.1) is 19.8 Å². The normalized spacial score (nSPS) is 12.3. The first kappa shape index (κ1) is 26.2. The van der Waals surface area contributed by atoms with Gasteiger partial charge in [0.05, 0.1) is 23.2 Å². The van der Waals surface area contributed by atoms with E-state index in [1.165, 1.54) is 0 Å². The number of aryl methyl sites for hydroxylation is 2. The molecule has 7 heteroatoms. The highest BCUT2D eigenvalue weighted by molar-refractivity contribution is 7.91. The number of carbonyl (C=O) groups is 2. The van der Waals surface area contributed by atoms with Gasteiger partial charge in [0, 0.05) is 17.2 Å². The number of rotatable bonds is 10. The van der Waals surface area contributed by atoms with Gasteiger partial charge in [-0.2, -0.15) is 0 Å². The number of ketones is 1. The van der Waals surface area contributed by atoms with E-state index in [-0.39, 0.29) is 29.2 Å². The van der Waals surface area contributed by atoms with Crippen LogP contribution in [0.15, 0.2) is 77.7 Å². The first-order valence-corrected chi connectivity index (χ1v) is 13.1. The van der Waals surface area contributed by atoms with E-state index in [1.807, 2.05) is 39.8 Å². The van der Waals surface area contributed by atoms with Gasteiger partial charge in [0.15, 0.2) is 15.6 Å². The van der Waals surface area contributed by atoms with E-state index < -0.39 is 21.5 Å². The summed E-state index contributed by atoms with van der Waals surface area (Å²) in [6.45, 7) is 7.47. The lowest BCUT2D eigenvalue weighted by molar-refractivity contribution is 0.0888. The molecule has 1 amide bonds. The molecule has 0 aliphatic rings. The van der Waals surface area contributed by atoms with Gasteiger partial charge < -0.3 is 10.1 Å². The molecule has 1 atom stereocenters. The second-order valence-electron chi connectivity index (χ2n) is 8.99. The van der Waals surface area contributed by atoms with Crippen LogP contribution in [-0.2, 0) is 9.84 Å². The maximum atomic E-state index is 13.4. The van der Waals surface area contributed by atoms with Crippen molar-refractivity contribution in [2.24, 2.45) is 5.92 Å². The fraction of sp³-hybridized carbons (Fsp3) is 0.286. The Kier molecular flexibility index (Phi) is 8.46. The second kappa shape index (κ2) is 11.3. The largest absolute Gasteiger partial charge is 0.493 e. The minimum Gasteiger partial charge on any atom is -0.493 e. The third-order valence-electron chi connectivity index (χ3n) is 5.50. The number of ether oxygens (including phenoxy) is 1. The van der Waals surface area contributed by atoms with Crippen molar-refractivity contribution in [1.82, 2.24) is 5.32 Å². The van der Waals surface area contributed by atoms with Crippen LogP contribution in [0.1, 0.15) is 45.7 Å². The van der Waals surface area contributed by atoms with Crippen LogP contribution in [0.5, 0.6) is 5.75 Å². The number of Topliss-reactive ketones (excluding diaryl/α,β-unsaturated/α-hetero) is 1. The Morgan fingerprint density at radius 3 is 1.86 bits per heavy atom. The fourth-order valence-electron chi connectivity index (χ4n) is 3.50. The first-order chi connectivity index (χ1) is 16.5. The Morgan fingerprint density at radius 2 is 1.31 bits per heavy atom. The Morgan fingerprint density at radius 1 is 0.800 bits per heavy atom. The van der Waals surface area contributed by atoms with Crippen LogP contribution in [0.3, 0.4) is 0 Å². The van der Waals surface area contributed by atoms with Crippen LogP contribution in [0.4, 0.5) is 0 Å². The Hall–Kier alpha value is -3.45. The molecule has 6 nitrogen and oxygen atoms in total. The zero-order valence-corrected chi connectivity index (χ0v) is 21.3. The number of sulfone groups is 1. The monoisotopic (exact) mass is 493 g/mol. The van der Waals surface area contributed by atoms with Crippen molar-refractivity contribution in [2.45, 2.75) is 38.6 Å². The lowest BCUT2D eigenvalue weighted by Gasteiger charge is -2.18. The summed E-state index contributed by atoms with van der Waals surface area (Å²) in [4.78, 5) is 25.8. The zero-order chi connectivity index (χ0) is 25.6. The van der Waals surface area contributed by atoms with Gasteiger partial charge in [-0.3, -0.25) is 9.59 Å². The summed E-state index contributed by atoms with van der Waals surface area (Å²) < 4.78 is 32.1. The number of amides is 1. The average molecular weight is 494 g/mol. The molecular formula is C28H31NO5S. The Bertz CT molecular complexity index is 1260. The molecule has 0 aliphatic heterocycles. The number of benzene rings is 3. The van der Waals surface area contributed by atoms with Crippen molar-refractivity contribution in [3.05, 3.63) is 95.1 Å². The average Bonchev–Trinajstić information content (AvgIpc) is 2.82. The van der Waals surface area contributed by atoms with Crippen LogP contribution in [-0.4, -0.2) is 38.5 Å². The van der Waals surface area contributed by atoms with Crippen LogP contribution >= 0.6 is 0 Å². The molecule has 0 heterocycles. The predicted molar refractivity (Wildman–Crippen MR) is 137 cm³/mol. The van der Waals surface area contributed by atoms with Crippen molar-refractivity contribution >= 4 is 21.5 Å². The van der Waals surface area contributed by atoms with Crippen molar-refractivity contribution < 1.29 is 22.7 Å². The molecule has 0 aliphatic carbocycles. The van der Waals surface area contributed by atoms with E-state index in [2.05, 4.69) is 5.32 Å². The Labute approximate surface area is 207 Å². The molecule has 1 unspecified atom stereocenters. The standard InChI is InChI=1S/C28H31NO5S/c1-19(2)29-28(31)23-11-9-22(10-12-23)27(30)24(17-34-25-13-5-20(3)6-14-25)18-35(32,33)26-15-7-21(4)8-16-26/h5-16,19,24H,17-18H2,1-4H3,(H,29,31). The highest BCUT2D eigenvalue weighted by Gasteiger charge is 2.29. The lowest BCUT2D eigenvalue weighted by atomic mass is 9.98. The second-order valence-corrected chi connectivity index (χ2v) is 11.0. The summed E-state index contributed by atoms with van der Waals surface area (Å²) in [5, 5.41) is 2.80. The summed E-state index contributed by atoms with van der Waals surface area (Å²) in [6, 6.07) is 20.1. The van der Waals surface area contributed by atoms with Crippen LogP contribution < -0.4 is 10.1 Å². The van der Waals surface area contributed by atoms with E-state index in [9.17, 15) is 18.0 Å². The molecule has 3 rings (SSSR count). The number of hydrogen-bond acceptors (Lipinski definition) is 5. The molecule has 0 aromatic heterocycles. The van der Waals surface area contributed by atoms with E-state index in [0.29, 0.717) is 16.9 Å². The summed E-state index contributed by atoms with van der Waals surface area (Å²) >= 11 is 0. The molecule has 3 aromatic rings. The summed E-state index contributed by atoms with van der Waals surface area (Å²) in [5.41, 5.74) is 2.76. The van der Waals surface area contributed by atoms with Gasteiger partial charge in [0.25, 0.3) is 5.91 Å². The number of hydrogen-bond donors (Lipinski definition) is 1. The smallest absolute Gasteiger partial charge is 0.251 e. The molecule has 35 heavy (non-hydrogen) atoms. The topological polar surface area (TPSA) is 89.5 Å². The molecular weight excluding hydrogens is 462 g/mol. The molecule has 0 saturated carbocycles. The van der Waals surface area contributed by atoms with Gasteiger partial charge in [-0.25, -0.2) is 8.42 Å². The molecule has 184 valence electrons. The van der Waals surface area contributed by atoms with Crippen LogP contribution in [0.25, 0.3) is 0 Å². The van der Waals surface area contributed by atoms with E-state index in [4.69, 9.17) is 4.74 Å². The maximum absolute atomic E-state index is 13.4. The third kappa shape index (κ3) is 7.26. The summed E-state index contributed by atoms with van der Waals surface area (Å²) in [7, 11) is -3.74. The van der Waals surface area contributed by atoms with Crippen molar-refractivity contribution in [1.29, 1.82) is 0 Å². The number of carbonyl (C=O) groups excluding carboxylic acids is 2. The molecule has 0 fully saturated rings. The molecule has 0 bridgehead atoms. The summed E-state index contributed by atoms with van der Waals surface area (Å²) in [6.07, 6.45) is 0. The first-order valence-electron chi connectivity index (χ1n) is 11.5. The maximum Gasteiger partial charge on any atom is 0.251 e. The van der Waals surface area contributed by atoms with Gasteiger partial charge in [-0.15, -0.1) is 0 Å². The summed E-state index contributed by atoms with van der Waals surface area (Å²) in [5.74, 6) is -1.36. The van der Waals surface area contributed by atoms with E-state index in [0.717, 1.165) is 11.1 Å². The number of nitrogens with one attached hydrogen (secondary N) is 1. The minimum atomic E-state index is -3.74. The highest BCUT2D eigenvalue weighted by atomic mass is 32.2. The van der Waals surface area contributed by atoms with Gasteiger partial charge in [-0.05, 0) is 64.1 Å². The van der Waals surface area contributed by atoms with Gasteiger partial charge in [0.2, 0.25) is 0 Å². The third-order valence-corrected chi connectivity index (χ3v) is 7.33. The van der Waals surface area contributed by atoms with E-state index >= 15 is 0 Å². The Balaban J connectivity index is 1.84. The van der Waals surface area contributed by atoms with Crippen molar-refractivity contribution in [2.75, 3.05) is 12.4 Å². The fourth-order valence-corrected chi connectivity index (χ4v) is 5.03. The zero-order valence-electron chi connectivity index (χ0n) is 20.4. The highest BCUT2D eigenvalue weighted by Crippen LogP contribution is 2.21.